The number of nitro groups is 1. The molecule has 0 saturated heterocycles. The summed E-state index contributed by atoms with van der Waals surface area (Å²) in [5, 5.41) is 13.5. The van der Waals surface area contributed by atoms with Crippen molar-refractivity contribution in [1.82, 2.24) is 5.32 Å². The van der Waals surface area contributed by atoms with Crippen LogP contribution in [-0.2, 0) is 4.74 Å². The molecule has 0 radical (unpaired) electrons. The van der Waals surface area contributed by atoms with E-state index in [-0.39, 0.29) is 12.3 Å². The zero-order chi connectivity index (χ0) is 17.3. The van der Waals surface area contributed by atoms with Crippen molar-refractivity contribution in [2.24, 2.45) is 0 Å². The smallest absolute Gasteiger partial charge is 0.408 e. The van der Waals surface area contributed by atoms with Gasteiger partial charge in [-0.15, -0.1) is 0 Å². The Hall–Kier alpha value is -1.83. The minimum atomic E-state index is -0.553. The number of hydrogen-bond acceptors (Lipinski definition) is 5. The van der Waals surface area contributed by atoms with Crippen LogP contribution in [0.4, 0.5) is 10.5 Å². The maximum Gasteiger partial charge on any atom is 0.408 e. The van der Waals surface area contributed by atoms with E-state index in [0.29, 0.717) is 10.2 Å². The average Bonchev–Trinajstić information content (AvgIpc) is 3.14. The van der Waals surface area contributed by atoms with E-state index in [9.17, 15) is 14.9 Å². The average molecular weight is 387 g/mol. The Kier molecular flexibility index (Phi) is 4.84. The third-order valence-corrected chi connectivity index (χ3v) is 3.87. The molecule has 1 N–H and O–H groups in total. The molecule has 0 aliphatic heterocycles. The van der Waals surface area contributed by atoms with Gasteiger partial charge in [0.05, 0.1) is 14.9 Å². The second-order valence-corrected chi connectivity index (χ2v) is 7.42. The maximum absolute atomic E-state index is 11.8. The molecule has 126 valence electrons. The van der Waals surface area contributed by atoms with Crippen molar-refractivity contribution in [2.75, 3.05) is 6.61 Å². The third kappa shape index (κ3) is 5.09. The number of carbonyl (C=O) groups is 1. The minimum Gasteiger partial charge on any atom is -0.490 e. The van der Waals surface area contributed by atoms with Gasteiger partial charge in [-0.25, -0.2) is 4.79 Å². The van der Waals surface area contributed by atoms with Gasteiger partial charge >= 0.3 is 6.09 Å². The molecule has 1 aromatic carbocycles. The van der Waals surface area contributed by atoms with E-state index in [1.54, 1.807) is 20.8 Å². The number of alkyl carbamates (subject to hydrolysis) is 1. The lowest BCUT2D eigenvalue weighted by Crippen LogP contribution is -2.44. The normalized spacial score (nSPS) is 15.7. The first-order valence-corrected chi connectivity index (χ1v) is 7.97. The highest BCUT2D eigenvalue weighted by Gasteiger charge is 2.46. The van der Waals surface area contributed by atoms with Gasteiger partial charge < -0.3 is 14.8 Å². The molecule has 0 heterocycles. The number of ether oxygens (including phenoxy) is 2. The quantitative estimate of drug-likeness (QED) is 0.613. The summed E-state index contributed by atoms with van der Waals surface area (Å²) < 4.78 is 11.4. The summed E-state index contributed by atoms with van der Waals surface area (Å²) in [6.45, 7) is 5.69. The molecular formula is C15H19BrN2O5. The van der Waals surface area contributed by atoms with Crippen molar-refractivity contribution in [3.05, 3.63) is 32.8 Å². The molecule has 0 spiro atoms. The molecule has 1 amide bonds. The van der Waals surface area contributed by atoms with Gasteiger partial charge in [0.25, 0.3) is 5.69 Å². The highest BCUT2D eigenvalue weighted by Crippen LogP contribution is 2.37. The molecule has 1 aliphatic rings. The third-order valence-electron chi connectivity index (χ3n) is 3.25. The van der Waals surface area contributed by atoms with E-state index in [0.717, 1.165) is 12.8 Å². The number of halogens is 1. The molecule has 0 bridgehead atoms. The van der Waals surface area contributed by atoms with E-state index in [1.807, 2.05) is 0 Å². The number of rotatable bonds is 5. The second-order valence-electron chi connectivity index (χ2n) is 6.57. The van der Waals surface area contributed by atoms with Crippen molar-refractivity contribution in [3.63, 3.8) is 0 Å². The molecule has 2 rings (SSSR count). The van der Waals surface area contributed by atoms with Crippen LogP contribution in [0.2, 0.25) is 0 Å². The van der Waals surface area contributed by atoms with Crippen LogP contribution in [0.1, 0.15) is 33.6 Å². The molecule has 1 aliphatic carbocycles. The standard InChI is InChI=1S/C15H19BrN2O5/c1-14(2,3)23-13(19)17-15(6-7-15)9-22-12-5-4-10(18(20)21)8-11(12)16/h4-5,8H,6-7,9H2,1-3H3,(H,17,19). The van der Waals surface area contributed by atoms with Gasteiger partial charge in [-0.2, -0.15) is 0 Å². The summed E-state index contributed by atoms with van der Waals surface area (Å²) in [5.74, 6) is 0.493. The van der Waals surface area contributed by atoms with Crippen LogP contribution in [0.5, 0.6) is 5.75 Å². The van der Waals surface area contributed by atoms with Crippen LogP contribution in [0.15, 0.2) is 22.7 Å². The van der Waals surface area contributed by atoms with Gasteiger partial charge in [0, 0.05) is 12.1 Å². The van der Waals surface area contributed by atoms with Gasteiger partial charge in [0.1, 0.15) is 18.0 Å². The minimum absolute atomic E-state index is 0.0164. The first-order valence-electron chi connectivity index (χ1n) is 7.18. The summed E-state index contributed by atoms with van der Waals surface area (Å²) >= 11 is 3.25. The Morgan fingerprint density at radius 3 is 2.57 bits per heavy atom. The van der Waals surface area contributed by atoms with Gasteiger partial charge in [0.2, 0.25) is 0 Å². The van der Waals surface area contributed by atoms with Crippen molar-refractivity contribution >= 4 is 27.7 Å². The van der Waals surface area contributed by atoms with Crippen LogP contribution < -0.4 is 10.1 Å². The molecule has 1 saturated carbocycles. The van der Waals surface area contributed by atoms with Gasteiger partial charge in [0.15, 0.2) is 0 Å². The number of nitro benzene ring substituents is 1. The van der Waals surface area contributed by atoms with Crippen molar-refractivity contribution < 1.29 is 19.2 Å². The number of non-ortho nitro benzene ring substituents is 1. The lowest BCUT2D eigenvalue weighted by atomic mass is 10.2. The highest BCUT2D eigenvalue weighted by atomic mass is 79.9. The molecule has 8 heteroatoms. The summed E-state index contributed by atoms with van der Waals surface area (Å²) in [6, 6.07) is 4.29. The fraction of sp³-hybridized carbons (Fsp3) is 0.533. The molecule has 23 heavy (non-hydrogen) atoms. The Morgan fingerprint density at radius 2 is 2.09 bits per heavy atom. The fourth-order valence-corrected chi connectivity index (χ4v) is 2.39. The van der Waals surface area contributed by atoms with E-state index < -0.39 is 22.2 Å². The lowest BCUT2D eigenvalue weighted by Gasteiger charge is -2.23. The van der Waals surface area contributed by atoms with E-state index in [2.05, 4.69) is 21.2 Å². The van der Waals surface area contributed by atoms with Crippen molar-refractivity contribution in [1.29, 1.82) is 0 Å². The summed E-state index contributed by atoms with van der Waals surface area (Å²) in [5.41, 5.74) is -0.997. The SMILES string of the molecule is CC(C)(C)OC(=O)NC1(COc2ccc([N+](=O)[O-])cc2Br)CC1. The van der Waals surface area contributed by atoms with E-state index in [4.69, 9.17) is 9.47 Å². The largest absolute Gasteiger partial charge is 0.490 e. The Labute approximate surface area is 142 Å². The van der Waals surface area contributed by atoms with Crippen LogP contribution in [0.3, 0.4) is 0 Å². The number of carbonyl (C=O) groups excluding carboxylic acids is 1. The van der Waals surface area contributed by atoms with Gasteiger partial charge in [-0.1, -0.05) is 0 Å². The van der Waals surface area contributed by atoms with Gasteiger partial charge in [-0.05, 0) is 55.6 Å². The zero-order valence-electron chi connectivity index (χ0n) is 13.2. The number of hydrogen-bond donors (Lipinski definition) is 1. The van der Waals surface area contributed by atoms with Crippen LogP contribution in [-0.4, -0.2) is 28.8 Å². The molecular weight excluding hydrogens is 368 g/mol. The van der Waals surface area contributed by atoms with Crippen LogP contribution >= 0.6 is 15.9 Å². The number of nitrogens with zero attached hydrogens (tertiary/aromatic N) is 1. The first-order chi connectivity index (χ1) is 10.6. The topological polar surface area (TPSA) is 90.7 Å². The molecule has 0 aromatic heterocycles. The monoisotopic (exact) mass is 386 g/mol. The first kappa shape index (κ1) is 17.5. The molecule has 1 fully saturated rings. The van der Waals surface area contributed by atoms with E-state index >= 15 is 0 Å². The molecule has 0 atom stereocenters. The number of amides is 1. The zero-order valence-corrected chi connectivity index (χ0v) is 14.8. The summed E-state index contributed by atoms with van der Waals surface area (Å²) in [6.07, 6.45) is 1.13. The Morgan fingerprint density at radius 1 is 1.43 bits per heavy atom. The Balaban J connectivity index is 1.93. The summed E-state index contributed by atoms with van der Waals surface area (Å²) in [4.78, 5) is 22.1. The lowest BCUT2D eigenvalue weighted by molar-refractivity contribution is -0.385. The fourth-order valence-electron chi connectivity index (χ4n) is 1.91. The molecule has 0 unspecified atom stereocenters. The van der Waals surface area contributed by atoms with Crippen molar-refractivity contribution in [2.45, 2.75) is 44.8 Å². The maximum atomic E-state index is 11.8. The van der Waals surface area contributed by atoms with Gasteiger partial charge in [-0.3, -0.25) is 10.1 Å². The summed E-state index contributed by atoms with van der Waals surface area (Å²) in [7, 11) is 0. The number of nitrogens with one attached hydrogen (secondary N) is 1. The molecule has 1 aromatic rings. The highest BCUT2D eigenvalue weighted by molar-refractivity contribution is 9.10. The van der Waals surface area contributed by atoms with Crippen LogP contribution in [0, 0.1) is 10.1 Å². The predicted molar refractivity (Wildman–Crippen MR) is 87.6 cm³/mol. The van der Waals surface area contributed by atoms with E-state index in [1.165, 1.54) is 18.2 Å². The van der Waals surface area contributed by atoms with Crippen molar-refractivity contribution in [3.8, 4) is 5.75 Å². The second kappa shape index (κ2) is 6.35. The van der Waals surface area contributed by atoms with Crippen LogP contribution in [0.25, 0.3) is 0 Å². The number of benzene rings is 1. The molecule has 7 nitrogen and oxygen atoms in total. The Bertz CT molecular complexity index is 623. The predicted octanol–water partition coefficient (Wildman–Crippen LogP) is 3.79.